The number of ether oxygens (including phenoxy) is 5. The lowest BCUT2D eigenvalue weighted by Crippen LogP contribution is -2.07. The minimum absolute atomic E-state index is 0.173. The number of fused-ring (bicyclic) bond motifs is 6. The number of halogens is 3. The molecule has 2 aliphatic heterocycles. The third-order valence-corrected chi connectivity index (χ3v) is 9.20. The maximum atomic E-state index is 12.2. The van der Waals surface area contributed by atoms with Crippen molar-refractivity contribution in [1.29, 1.82) is 0 Å². The quantitative estimate of drug-likeness (QED) is 0.115. The fourth-order valence-electron chi connectivity index (χ4n) is 6.00. The Morgan fingerprint density at radius 3 is 1.79 bits per heavy atom. The first-order valence-corrected chi connectivity index (χ1v) is 18.0. The molecule has 2 heterocycles. The van der Waals surface area contributed by atoms with E-state index in [2.05, 4.69) is 0 Å². The molecule has 6 bridgehead atoms. The van der Waals surface area contributed by atoms with Crippen molar-refractivity contribution in [3.8, 4) is 40.2 Å². The van der Waals surface area contributed by atoms with E-state index < -0.39 is 17.9 Å². The zero-order valence-electron chi connectivity index (χ0n) is 30.5. The van der Waals surface area contributed by atoms with E-state index in [4.69, 9.17) is 58.5 Å². The lowest BCUT2D eigenvalue weighted by molar-refractivity contribution is -0.132. The number of carbonyl (C=O) groups excluding carboxylic acids is 3. The van der Waals surface area contributed by atoms with E-state index in [1.165, 1.54) is 26.8 Å². The fraction of sp³-hybridized carbons (Fsp3) is 0.262. The molecule has 0 atom stereocenters. The van der Waals surface area contributed by atoms with Gasteiger partial charge in [0.15, 0.2) is 23.0 Å². The Morgan fingerprint density at radius 1 is 0.566 bits per heavy atom. The second-order valence-electron chi connectivity index (χ2n) is 13.0. The third kappa shape index (κ3) is 10.2. The molecule has 8 nitrogen and oxygen atoms in total. The Morgan fingerprint density at radius 2 is 1.13 bits per heavy atom. The molecule has 2 aliphatic rings. The van der Waals surface area contributed by atoms with Crippen molar-refractivity contribution in [1.82, 2.24) is 0 Å². The van der Waals surface area contributed by atoms with E-state index in [-0.39, 0.29) is 40.2 Å². The van der Waals surface area contributed by atoms with Crippen molar-refractivity contribution in [2.45, 2.75) is 74.1 Å². The molecule has 0 N–H and O–H groups in total. The summed E-state index contributed by atoms with van der Waals surface area (Å²) >= 11 is 20.3. The van der Waals surface area contributed by atoms with Crippen molar-refractivity contribution in [2.75, 3.05) is 0 Å². The minimum Gasteiger partial charge on any atom is -0.452 e. The van der Waals surface area contributed by atoms with E-state index >= 15 is 0 Å². The SMILES string of the molecule is CC(=O)Oc1cc(Cl)c2cc1C/C=C(/C)Cc1cc(C)c(c(OC(C)=O)c1)Oc1cc(c(C)cc1Cl)C/C=C(/Cl)Cc1cc(C)cc(OC(C)=O)c1O2. The molecule has 53 heavy (non-hydrogen) atoms. The number of esters is 3. The normalized spacial score (nSPS) is 15.1. The summed E-state index contributed by atoms with van der Waals surface area (Å²) in [7, 11) is 0. The van der Waals surface area contributed by atoms with E-state index in [1.54, 1.807) is 18.2 Å². The van der Waals surface area contributed by atoms with Crippen LogP contribution in [0.3, 0.4) is 0 Å². The smallest absolute Gasteiger partial charge is 0.308 e. The van der Waals surface area contributed by atoms with Gasteiger partial charge >= 0.3 is 17.9 Å². The second-order valence-corrected chi connectivity index (χ2v) is 14.3. The molecular formula is C42H39Cl3O8. The molecule has 0 amide bonds. The van der Waals surface area contributed by atoms with Gasteiger partial charge in [0.05, 0.1) is 10.0 Å². The molecule has 0 fully saturated rings. The van der Waals surface area contributed by atoms with Gasteiger partial charge < -0.3 is 23.7 Å². The predicted molar refractivity (Wildman–Crippen MR) is 207 cm³/mol. The zero-order valence-corrected chi connectivity index (χ0v) is 32.8. The topological polar surface area (TPSA) is 97.4 Å². The molecule has 0 aromatic heterocycles. The van der Waals surface area contributed by atoms with Crippen molar-refractivity contribution in [3.05, 3.63) is 120 Å². The second kappa shape index (κ2) is 16.9. The Balaban J connectivity index is 1.70. The summed E-state index contributed by atoms with van der Waals surface area (Å²) in [5, 5.41) is 1.06. The number of hydrogen-bond acceptors (Lipinski definition) is 8. The molecule has 4 aromatic rings. The van der Waals surface area contributed by atoms with Gasteiger partial charge in [-0.15, -0.1) is 0 Å². The highest BCUT2D eigenvalue weighted by Gasteiger charge is 2.21. The molecule has 4 aromatic carbocycles. The van der Waals surface area contributed by atoms with Crippen molar-refractivity contribution >= 4 is 52.7 Å². The molecule has 6 rings (SSSR count). The van der Waals surface area contributed by atoms with Gasteiger partial charge in [-0.05, 0) is 105 Å². The largest absolute Gasteiger partial charge is 0.452 e. The first kappa shape index (κ1) is 39.4. The van der Waals surface area contributed by atoms with Crippen LogP contribution in [0.1, 0.15) is 66.6 Å². The standard InChI is InChI=1S/C42H39Cl3O8/c1-22-8-9-31-20-38(35(45)21-36(31)49-26(5)46)53-42-32(13-23(2)14-39(42)50-27(6)47)18-33(43)11-10-30-19-37(34(44)16-24(30)3)52-41-25(4)15-29(12-22)17-40(41)51-28(7)48/h8,11,13-17,19-21H,9-10,12,18H2,1-7H3/b22-8-,33-11+. The van der Waals surface area contributed by atoms with Crippen LogP contribution in [0.25, 0.3) is 0 Å². The Bertz CT molecular complexity index is 2180. The maximum absolute atomic E-state index is 12.2. The lowest BCUT2D eigenvalue weighted by Gasteiger charge is -2.19. The highest BCUT2D eigenvalue weighted by molar-refractivity contribution is 6.32. The first-order chi connectivity index (χ1) is 25.1. The predicted octanol–water partition coefficient (Wildman–Crippen LogP) is 11.2. The maximum Gasteiger partial charge on any atom is 0.308 e. The first-order valence-electron chi connectivity index (χ1n) is 16.9. The number of benzene rings is 4. The lowest BCUT2D eigenvalue weighted by atomic mass is 10.0. The Kier molecular flexibility index (Phi) is 12.6. The van der Waals surface area contributed by atoms with Gasteiger partial charge in [0.25, 0.3) is 0 Å². The van der Waals surface area contributed by atoms with Gasteiger partial charge in [-0.3, -0.25) is 14.4 Å². The molecule has 0 unspecified atom stereocenters. The average Bonchev–Trinajstić information content (AvgIpc) is 3.03. The molecule has 0 saturated carbocycles. The van der Waals surface area contributed by atoms with Crippen LogP contribution in [0.4, 0.5) is 0 Å². The van der Waals surface area contributed by atoms with Crippen molar-refractivity contribution in [3.63, 3.8) is 0 Å². The van der Waals surface area contributed by atoms with Crippen LogP contribution in [0, 0.1) is 20.8 Å². The number of aryl methyl sites for hydroxylation is 3. The van der Waals surface area contributed by atoms with Crippen LogP contribution in [0.15, 0.2) is 71.3 Å². The van der Waals surface area contributed by atoms with E-state index in [9.17, 15) is 14.4 Å². The monoisotopic (exact) mass is 776 g/mol. The van der Waals surface area contributed by atoms with Crippen LogP contribution in [0.2, 0.25) is 10.0 Å². The summed E-state index contributed by atoms with van der Waals surface area (Å²) in [4.78, 5) is 36.5. The van der Waals surface area contributed by atoms with Gasteiger partial charge in [0.2, 0.25) is 0 Å². The van der Waals surface area contributed by atoms with Gasteiger partial charge in [-0.1, -0.05) is 64.7 Å². The average molecular weight is 778 g/mol. The van der Waals surface area contributed by atoms with Gasteiger partial charge in [-0.2, -0.15) is 0 Å². The summed E-state index contributed by atoms with van der Waals surface area (Å²) in [5.74, 6) is 0.486. The molecule has 0 radical (unpaired) electrons. The van der Waals surface area contributed by atoms with Crippen LogP contribution in [0.5, 0.6) is 40.2 Å². The van der Waals surface area contributed by atoms with Crippen LogP contribution in [-0.2, 0) is 40.1 Å². The third-order valence-electron chi connectivity index (χ3n) is 8.32. The number of carbonyl (C=O) groups is 3. The zero-order chi connectivity index (χ0) is 38.6. The van der Waals surface area contributed by atoms with Crippen LogP contribution < -0.4 is 23.7 Å². The molecular weight excluding hydrogens is 739 g/mol. The number of rotatable bonds is 3. The Labute approximate surface area is 324 Å². The van der Waals surface area contributed by atoms with Crippen LogP contribution >= 0.6 is 34.8 Å². The van der Waals surface area contributed by atoms with Crippen molar-refractivity contribution in [2.24, 2.45) is 0 Å². The molecule has 0 aliphatic carbocycles. The summed E-state index contributed by atoms with van der Waals surface area (Å²) in [6, 6.07) is 14.2. The molecule has 0 saturated heterocycles. The number of hydrogen-bond donors (Lipinski definition) is 0. The fourth-order valence-corrected chi connectivity index (χ4v) is 6.67. The van der Waals surface area contributed by atoms with E-state index in [0.29, 0.717) is 51.9 Å². The summed E-state index contributed by atoms with van der Waals surface area (Å²) < 4.78 is 29.7. The highest BCUT2D eigenvalue weighted by atomic mass is 35.5. The van der Waals surface area contributed by atoms with Gasteiger partial charge in [0.1, 0.15) is 17.2 Å². The summed E-state index contributed by atoms with van der Waals surface area (Å²) in [5.41, 5.74) is 6.51. The minimum atomic E-state index is -0.528. The molecule has 0 spiro atoms. The van der Waals surface area contributed by atoms with Gasteiger partial charge in [0, 0.05) is 49.4 Å². The summed E-state index contributed by atoms with van der Waals surface area (Å²) in [6.45, 7) is 11.6. The molecule has 11 heteroatoms. The van der Waals surface area contributed by atoms with Crippen LogP contribution in [-0.4, -0.2) is 17.9 Å². The van der Waals surface area contributed by atoms with E-state index in [1.807, 2.05) is 64.1 Å². The highest BCUT2D eigenvalue weighted by Crippen LogP contribution is 2.44. The Hall–Kier alpha value is -4.76. The number of allylic oxidation sites excluding steroid dienone is 4. The van der Waals surface area contributed by atoms with Gasteiger partial charge in [-0.25, -0.2) is 0 Å². The summed E-state index contributed by atoms with van der Waals surface area (Å²) in [6.07, 6.45) is 5.40. The van der Waals surface area contributed by atoms with E-state index in [0.717, 1.165) is 33.4 Å². The van der Waals surface area contributed by atoms with Crippen molar-refractivity contribution < 1.29 is 38.1 Å². The molecule has 276 valence electrons.